The van der Waals surface area contributed by atoms with Crippen LogP contribution in [0.4, 0.5) is 11.4 Å². The number of benzene rings is 2. The second-order valence-electron chi connectivity index (χ2n) is 11.2. The van der Waals surface area contributed by atoms with E-state index in [4.69, 9.17) is 4.74 Å². The lowest BCUT2D eigenvalue weighted by molar-refractivity contribution is -0.139. The van der Waals surface area contributed by atoms with Crippen LogP contribution in [-0.4, -0.2) is 76.6 Å². The minimum atomic E-state index is -0.909. The maximum absolute atomic E-state index is 14.5. The summed E-state index contributed by atoms with van der Waals surface area (Å²) < 4.78 is 3.73. The van der Waals surface area contributed by atoms with Crippen molar-refractivity contribution in [2.45, 2.75) is 35.3 Å². The number of hydrogen-bond donors (Lipinski definition) is 1. The van der Waals surface area contributed by atoms with Gasteiger partial charge < -0.3 is 24.5 Å². The van der Waals surface area contributed by atoms with Gasteiger partial charge in [-0.25, -0.2) is 0 Å². The van der Waals surface area contributed by atoms with E-state index in [9.17, 15) is 19.5 Å². The molecule has 9 heteroatoms. The zero-order valence-electron chi connectivity index (χ0n) is 23.3. The van der Waals surface area contributed by atoms with Crippen LogP contribution in [0.25, 0.3) is 0 Å². The number of hydrogen-bond acceptors (Lipinski definition) is 6. The average Bonchev–Trinajstić information content (AvgIpc) is 3.24. The van der Waals surface area contributed by atoms with Crippen LogP contribution in [0, 0.1) is 11.8 Å². The summed E-state index contributed by atoms with van der Waals surface area (Å²) >= 11 is 1.58. The molecule has 2 aromatic carbocycles. The molecule has 41 heavy (non-hydrogen) atoms. The molecule has 4 heterocycles. The Hall–Kier alpha value is -3.56. The number of thioether (sulfide) groups is 1. The van der Waals surface area contributed by atoms with Gasteiger partial charge in [-0.05, 0) is 56.2 Å². The summed E-state index contributed by atoms with van der Waals surface area (Å²) in [7, 11) is 1.60. The number of carbonyl (C=O) groups excluding carboxylic acids is 3. The highest BCUT2D eigenvalue weighted by molar-refractivity contribution is 8.02. The Kier molecular flexibility index (Phi) is 7.20. The molecule has 0 bridgehead atoms. The quantitative estimate of drug-likeness (QED) is 0.402. The molecule has 1 spiro atoms. The largest absolute Gasteiger partial charge is 0.497 e. The predicted octanol–water partition coefficient (Wildman–Crippen LogP) is 3.66. The molecule has 0 aromatic heterocycles. The van der Waals surface area contributed by atoms with Gasteiger partial charge in [-0.15, -0.1) is 11.8 Å². The Morgan fingerprint density at radius 1 is 0.854 bits per heavy atom. The molecule has 3 amide bonds. The molecule has 2 saturated heterocycles. The molecule has 6 rings (SSSR count). The number of unbranched alkanes of at least 4 members (excludes halogenated alkanes) is 1. The highest BCUT2D eigenvalue weighted by Crippen LogP contribution is 2.65. The molecule has 214 valence electrons. The van der Waals surface area contributed by atoms with E-state index in [1.807, 2.05) is 79.7 Å². The van der Waals surface area contributed by atoms with Crippen LogP contribution in [-0.2, 0) is 14.4 Å². The Bertz CT molecular complexity index is 1400. The van der Waals surface area contributed by atoms with Crippen molar-refractivity contribution < 1.29 is 24.2 Å². The second kappa shape index (κ2) is 10.7. The van der Waals surface area contributed by atoms with E-state index >= 15 is 0 Å². The summed E-state index contributed by atoms with van der Waals surface area (Å²) in [5.74, 6) is -1.08. The molecular formula is C32H35N3O5S. The lowest BCUT2D eigenvalue weighted by atomic mass is 9.74. The molecule has 2 aromatic rings. The number of anilines is 2. The third kappa shape index (κ3) is 4.37. The predicted molar refractivity (Wildman–Crippen MR) is 160 cm³/mol. The number of para-hydroxylation sites is 1. The molecule has 1 N–H and O–H groups in total. The molecule has 5 atom stereocenters. The first-order valence-corrected chi connectivity index (χ1v) is 14.9. The van der Waals surface area contributed by atoms with E-state index in [1.165, 1.54) is 0 Å². The average molecular weight is 574 g/mol. The standard InChI is InChI=1S/C32H35N3O5S/c1-31-16-8-19-33(22-10-4-3-5-11-22)28(37)25(31)26-29(38)35(18-6-7-21-36)27-30(39)34(20-9-17-32(26,27)41-31)23-12-14-24(40-2)15-13-23/h3-5,8-17,25-27,36H,6-7,18-21H2,1-2H3/t25-,26-,27?,31+,32-/m0/s1. The SMILES string of the molecule is COc1ccc(N2CC=C[C@]34S[C@]5(C)C=CCN(c6ccccc6)C(=O)[C@@H]5[C@H]3C(=O)N(CCCCO)C4C2=O)cc1. The molecule has 0 radical (unpaired) electrons. The van der Waals surface area contributed by atoms with Crippen molar-refractivity contribution in [2.75, 3.05) is 43.2 Å². The molecule has 1 unspecified atom stereocenters. The van der Waals surface area contributed by atoms with Gasteiger partial charge in [0.05, 0.1) is 23.7 Å². The first-order chi connectivity index (χ1) is 19.8. The van der Waals surface area contributed by atoms with Gasteiger partial charge in [0.1, 0.15) is 11.8 Å². The highest BCUT2D eigenvalue weighted by atomic mass is 32.2. The number of rotatable bonds is 7. The lowest BCUT2D eigenvalue weighted by Gasteiger charge is -2.37. The summed E-state index contributed by atoms with van der Waals surface area (Å²) in [6, 6.07) is 16.1. The van der Waals surface area contributed by atoms with Crippen molar-refractivity contribution in [1.82, 2.24) is 4.90 Å². The van der Waals surface area contributed by atoms with E-state index in [1.54, 1.807) is 33.6 Å². The van der Waals surface area contributed by atoms with Gasteiger partial charge in [-0.1, -0.05) is 42.5 Å². The molecular weight excluding hydrogens is 538 g/mol. The van der Waals surface area contributed by atoms with E-state index in [2.05, 4.69) is 6.08 Å². The van der Waals surface area contributed by atoms with Crippen molar-refractivity contribution >= 4 is 40.9 Å². The Labute approximate surface area is 244 Å². The van der Waals surface area contributed by atoms with Crippen molar-refractivity contribution in [3.63, 3.8) is 0 Å². The number of aliphatic hydroxyl groups is 1. The molecule has 8 nitrogen and oxygen atoms in total. The topological polar surface area (TPSA) is 90.4 Å². The molecule has 2 fully saturated rings. The van der Waals surface area contributed by atoms with Crippen molar-refractivity contribution in [2.24, 2.45) is 11.8 Å². The maximum Gasteiger partial charge on any atom is 0.251 e. The fraction of sp³-hybridized carbons (Fsp3) is 0.406. The normalized spacial score (nSPS) is 30.7. The number of nitrogens with zero attached hydrogens (tertiary/aromatic N) is 3. The number of methoxy groups -OCH3 is 1. The summed E-state index contributed by atoms with van der Waals surface area (Å²) in [6.45, 7) is 3.17. The Balaban J connectivity index is 1.44. The van der Waals surface area contributed by atoms with Crippen molar-refractivity contribution in [3.8, 4) is 5.75 Å². The van der Waals surface area contributed by atoms with Gasteiger partial charge in [-0.2, -0.15) is 0 Å². The molecule has 0 aliphatic carbocycles. The number of ether oxygens (including phenoxy) is 1. The minimum absolute atomic E-state index is 0.0118. The number of likely N-dealkylation sites (tertiary alicyclic amines) is 1. The number of fused-ring (bicyclic) bond motifs is 2. The summed E-state index contributed by atoms with van der Waals surface area (Å²) in [5, 5.41) is 9.46. The summed E-state index contributed by atoms with van der Waals surface area (Å²) in [5.41, 5.74) is 1.51. The first kappa shape index (κ1) is 27.6. The van der Waals surface area contributed by atoms with Gasteiger partial charge in [0, 0.05) is 42.4 Å². The van der Waals surface area contributed by atoms with E-state index in [0.29, 0.717) is 38.2 Å². The van der Waals surface area contributed by atoms with Crippen LogP contribution in [0.1, 0.15) is 19.8 Å². The minimum Gasteiger partial charge on any atom is -0.497 e. The fourth-order valence-electron chi connectivity index (χ4n) is 6.99. The number of aliphatic hydroxyl groups excluding tert-OH is 1. The van der Waals surface area contributed by atoms with Gasteiger partial charge in [-0.3, -0.25) is 14.4 Å². The van der Waals surface area contributed by atoms with E-state index in [-0.39, 0.29) is 24.3 Å². The summed E-state index contributed by atoms with van der Waals surface area (Å²) in [4.78, 5) is 48.6. The van der Waals surface area contributed by atoms with Crippen molar-refractivity contribution in [1.29, 1.82) is 0 Å². The van der Waals surface area contributed by atoms with Gasteiger partial charge in [0.25, 0.3) is 5.91 Å². The van der Waals surface area contributed by atoms with Crippen LogP contribution < -0.4 is 14.5 Å². The zero-order chi connectivity index (χ0) is 28.8. The van der Waals surface area contributed by atoms with E-state index < -0.39 is 27.4 Å². The maximum atomic E-state index is 14.5. The van der Waals surface area contributed by atoms with Crippen LogP contribution in [0.15, 0.2) is 78.9 Å². The third-order valence-electron chi connectivity index (χ3n) is 8.82. The molecule has 0 saturated carbocycles. The molecule has 4 aliphatic heterocycles. The first-order valence-electron chi connectivity index (χ1n) is 14.1. The van der Waals surface area contributed by atoms with Crippen LogP contribution in [0.3, 0.4) is 0 Å². The smallest absolute Gasteiger partial charge is 0.251 e. The zero-order valence-corrected chi connectivity index (χ0v) is 24.1. The summed E-state index contributed by atoms with van der Waals surface area (Å²) in [6.07, 6.45) is 9.19. The fourth-order valence-corrected chi connectivity index (χ4v) is 9.15. The van der Waals surface area contributed by atoms with Crippen LogP contribution in [0.5, 0.6) is 5.75 Å². The van der Waals surface area contributed by atoms with Crippen LogP contribution >= 0.6 is 11.8 Å². The third-order valence-corrected chi connectivity index (χ3v) is 10.6. The lowest BCUT2D eigenvalue weighted by Crippen LogP contribution is -2.53. The van der Waals surface area contributed by atoms with Crippen molar-refractivity contribution in [3.05, 3.63) is 78.9 Å². The molecule has 4 aliphatic rings. The van der Waals surface area contributed by atoms with Crippen LogP contribution in [0.2, 0.25) is 0 Å². The monoisotopic (exact) mass is 573 g/mol. The Morgan fingerprint density at radius 3 is 2.20 bits per heavy atom. The Morgan fingerprint density at radius 2 is 1.51 bits per heavy atom. The number of amides is 3. The highest BCUT2D eigenvalue weighted by Gasteiger charge is 2.73. The van der Waals surface area contributed by atoms with E-state index in [0.717, 1.165) is 11.4 Å². The van der Waals surface area contributed by atoms with Gasteiger partial charge >= 0.3 is 0 Å². The second-order valence-corrected chi connectivity index (χ2v) is 13.0. The van der Waals surface area contributed by atoms with Gasteiger partial charge in [0.2, 0.25) is 11.8 Å². The van der Waals surface area contributed by atoms with Gasteiger partial charge in [0.15, 0.2) is 0 Å². The number of carbonyl (C=O) groups is 3.